The van der Waals surface area contributed by atoms with Crippen molar-refractivity contribution in [1.29, 1.82) is 0 Å². The quantitative estimate of drug-likeness (QED) is 0.103. The van der Waals surface area contributed by atoms with Crippen LogP contribution in [0.3, 0.4) is 0 Å². The maximum absolute atomic E-state index is 13.9. The van der Waals surface area contributed by atoms with Gasteiger partial charge in [-0.25, -0.2) is 4.79 Å². The first-order valence-electron chi connectivity index (χ1n) is 32.8. The minimum Gasteiger partial charge on any atom is -0.490 e. The number of alkyl halides is 3. The molecule has 3 heterocycles. The largest absolute Gasteiger partial charge is 0.490 e. The fourth-order valence-electron chi connectivity index (χ4n) is 13.3. The normalized spacial score (nSPS) is 22.3. The first kappa shape index (κ1) is 75.7. The van der Waals surface area contributed by atoms with Crippen molar-refractivity contribution >= 4 is 76.9 Å². The standard InChI is InChI=1S/C28H32ClF3N2O4.C24H35ClN2O4.C19H27ClN2O2.ClH/c1-33(2)25(35)23-9-8-21(17-24(23)29)38-22-15-19(16-22)14-18-10-12-34(13-11-18)26(36)27(37,28(30,31)32)20-6-4-3-5-7-20;1-24(2,3)31-23(29)27-10-8-16(9-11-27)12-17-13-19(14-17)30-18-6-7-20(21(25)15-18)22(28)26(4)5;1-22(2)19(23)17-4-3-15(12-18(17)20)24-16-10-14(11-16)9-13-5-7-21-8-6-13;/h3-9,17-19,22,37H,10-16H2,1-2H3;6-7,15-17,19H,8-14H2,1-5H3;3-4,12-14,16,21H,5-11H2,1-2H3;1H/t19?,22?,27-;;;/m1.../s1. The molecule has 16 nitrogen and oxygen atoms in total. The summed E-state index contributed by atoms with van der Waals surface area (Å²) in [6, 6.07) is 22.2. The smallest absolute Gasteiger partial charge is 0.430 e. The number of piperidine rings is 3. The Labute approximate surface area is 574 Å². The number of hydrogen-bond donors (Lipinski definition) is 2. The van der Waals surface area contributed by atoms with Crippen LogP contribution in [0.2, 0.25) is 15.1 Å². The van der Waals surface area contributed by atoms with E-state index in [0.29, 0.717) is 80.1 Å². The van der Waals surface area contributed by atoms with Gasteiger partial charge in [0.05, 0.1) is 50.1 Å². The molecule has 0 spiro atoms. The molecule has 0 aromatic heterocycles. The summed E-state index contributed by atoms with van der Waals surface area (Å²) in [7, 11) is 10.2. The maximum atomic E-state index is 13.9. The molecule has 94 heavy (non-hydrogen) atoms. The lowest BCUT2D eigenvalue weighted by Crippen LogP contribution is -2.57. The van der Waals surface area contributed by atoms with Crippen molar-refractivity contribution in [1.82, 2.24) is 29.8 Å². The Kier molecular flexibility index (Phi) is 27.0. The second-order valence-corrected chi connectivity index (χ2v) is 29.1. The van der Waals surface area contributed by atoms with Crippen molar-refractivity contribution < 1.29 is 61.2 Å². The Hall–Kier alpha value is -5.70. The van der Waals surface area contributed by atoms with Gasteiger partial charge in [0.25, 0.3) is 29.2 Å². The predicted octanol–water partition coefficient (Wildman–Crippen LogP) is 14.5. The Morgan fingerprint density at radius 1 is 0.511 bits per heavy atom. The Morgan fingerprint density at radius 3 is 1.15 bits per heavy atom. The molecule has 4 aromatic rings. The van der Waals surface area contributed by atoms with Crippen molar-refractivity contribution in [3.8, 4) is 17.2 Å². The summed E-state index contributed by atoms with van der Waals surface area (Å²) >= 11 is 18.8. The van der Waals surface area contributed by atoms with Crippen LogP contribution >= 0.6 is 47.2 Å². The van der Waals surface area contributed by atoms with Crippen molar-refractivity contribution in [2.24, 2.45) is 35.5 Å². The minimum absolute atomic E-state index is 0. The molecule has 2 N–H and O–H groups in total. The highest BCUT2D eigenvalue weighted by molar-refractivity contribution is 6.34. The molecule has 1 atom stereocenters. The first-order chi connectivity index (χ1) is 43.9. The average Bonchev–Trinajstić information content (AvgIpc) is 0.758. The highest BCUT2D eigenvalue weighted by Crippen LogP contribution is 2.44. The number of likely N-dealkylation sites (tertiary alicyclic amines) is 2. The topological polar surface area (TPSA) is 171 Å². The van der Waals surface area contributed by atoms with Crippen molar-refractivity contribution in [2.75, 3.05) is 81.6 Å². The molecule has 10 rings (SSSR count). The number of amides is 5. The fourth-order valence-corrected chi connectivity index (χ4v) is 14.1. The van der Waals surface area contributed by atoms with E-state index < -0.39 is 28.8 Å². The van der Waals surface area contributed by atoms with Crippen LogP contribution in [0, 0.1) is 35.5 Å². The number of benzene rings is 4. The lowest BCUT2D eigenvalue weighted by molar-refractivity contribution is -0.262. The van der Waals surface area contributed by atoms with Crippen molar-refractivity contribution in [3.63, 3.8) is 0 Å². The molecule has 518 valence electrons. The van der Waals surface area contributed by atoms with Crippen LogP contribution in [0.4, 0.5) is 18.0 Å². The average molecular weight is 1390 g/mol. The van der Waals surface area contributed by atoms with Crippen molar-refractivity contribution in [3.05, 3.63) is 122 Å². The van der Waals surface area contributed by atoms with E-state index in [2.05, 4.69) is 5.32 Å². The molecular formula is C71H95Cl4F3N6O10. The van der Waals surface area contributed by atoms with Gasteiger partial charge >= 0.3 is 12.3 Å². The number of ether oxygens (including phenoxy) is 4. The number of carbonyl (C=O) groups is 5. The zero-order valence-electron chi connectivity index (χ0n) is 55.7. The van der Waals surface area contributed by atoms with Gasteiger partial charge in [0.2, 0.25) is 0 Å². The molecule has 0 bridgehead atoms. The number of hydrogen-bond acceptors (Lipinski definition) is 11. The highest BCUT2D eigenvalue weighted by atomic mass is 35.5. The number of halogens is 7. The van der Waals surface area contributed by atoms with E-state index in [1.165, 1.54) is 71.7 Å². The summed E-state index contributed by atoms with van der Waals surface area (Å²) in [5, 5.41) is 15.2. The maximum Gasteiger partial charge on any atom is 0.430 e. The highest BCUT2D eigenvalue weighted by Gasteiger charge is 2.62. The third-order valence-electron chi connectivity index (χ3n) is 18.8. The Balaban J connectivity index is 0.000000203. The summed E-state index contributed by atoms with van der Waals surface area (Å²) < 4.78 is 65.2. The lowest BCUT2D eigenvalue weighted by Gasteiger charge is -2.41. The number of carbonyl (C=O) groups excluding carboxylic acids is 5. The van der Waals surface area contributed by atoms with Gasteiger partial charge in [-0.3, -0.25) is 19.2 Å². The summed E-state index contributed by atoms with van der Waals surface area (Å²) in [6.45, 7) is 9.97. The molecule has 5 amide bonds. The first-order valence-corrected chi connectivity index (χ1v) is 33.9. The van der Waals surface area contributed by atoms with E-state index in [0.717, 1.165) is 111 Å². The number of nitrogens with one attached hydrogen (secondary N) is 1. The van der Waals surface area contributed by atoms with Gasteiger partial charge in [0, 0.05) is 74.0 Å². The predicted molar refractivity (Wildman–Crippen MR) is 363 cm³/mol. The summed E-state index contributed by atoms with van der Waals surface area (Å²) in [4.78, 5) is 68.8. The van der Waals surface area contributed by atoms with Crippen LogP contribution in [0.25, 0.3) is 0 Å². The number of aliphatic hydroxyl groups is 1. The molecule has 6 aliphatic rings. The zero-order chi connectivity index (χ0) is 67.5. The zero-order valence-corrected chi connectivity index (χ0v) is 58.7. The Morgan fingerprint density at radius 2 is 0.840 bits per heavy atom. The van der Waals surface area contributed by atoms with Crippen LogP contribution in [0.15, 0.2) is 84.9 Å². The third kappa shape index (κ3) is 20.4. The van der Waals surface area contributed by atoms with Gasteiger partial charge in [0.1, 0.15) is 22.8 Å². The molecule has 23 heteroatoms. The van der Waals surface area contributed by atoms with E-state index in [9.17, 15) is 42.3 Å². The van der Waals surface area contributed by atoms with E-state index in [-0.39, 0.29) is 61.5 Å². The second-order valence-electron chi connectivity index (χ2n) is 27.9. The van der Waals surface area contributed by atoms with E-state index in [1.54, 1.807) is 84.8 Å². The van der Waals surface area contributed by atoms with Crippen LogP contribution in [0.1, 0.15) is 154 Å². The van der Waals surface area contributed by atoms with E-state index >= 15 is 0 Å². The molecule has 6 fully saturated rings. The molecule has 3 saturated carbocycles. The molecular weight excluding hydrogens is 1300 g/mol. The van der Waals surface area contributed by atoms with Crippen LogP contribution in [-0.4, -0.2) is 171 Å². The van der Waals surface area contributed by atoms with Gasteiger partial charge in [-0.05, 0) is 220 Å². The SMILES string of the molecule is CN(C)C(=O)c1ccc(OC2CC(CC3CCN(C(=O)OC(C)(C)C)CC3)C2)cc1Cl.CN(C)C(=O)c1ccc(OC2CC(CC3CCN(C(=O)[C@](O)(c4ccccc4)C(F)(F)F)CC3)C2)cc1Cl.CN(C)C(=O)c1ccc(OC2CC(CC3CCNCC3)C2)cc1Cl.Cl. The number of rotatable bonds is 17. The molecule has 3 saturated heterocycles. The summed E-state index contributed by atoms with van der Waals surface area (Å²) in [5.41, 5.74) is -3.05. The van der Waals surface area contributed by atoms with Crippen LogP contribution in [0.5, 0.6) is 17.2 Å². The van der Waals surface area contributed by atoms with E-state index in [4.69, 9.17) is 53.8 Å². The van der Waals surface area contributed by atoms with Crippen molar-refractivity contribution in [2.45, 2.75) is 153 Å². The van der Waals surface area contributed by atoms with Gasteiger partial charge in [-0.2, -0.15) is 13.2 Å². The molecule has 0 unspecified atom stereocenters. The Bertz CT molecular complexity index is 3170. The monoisotopic (exact) mass is 1390 g/mol. The molecule has 3 aliphatic heterocycles. The fraction of sp³-hybridized carbons (Fsp3) is 0.592. The van der Waals surface area contributed by atoms with Crippen LogP contribution in [-0.2, 0) is 15.1 Å². The van der Waals surface area contributed by atoms with Gasteiger partial charge < -0.3 is 53.9 Å². The lowest BCUT2D eigenvalue weighted by atomic mass is 9.74. The molecule has 3 aliphatic carbocycles. The van der Waals surface area contributed by atoms with Gasteiger partial charge in [0.15, 0.2) is 0 Å². The minimum atomic E-state index is -5.13. The third-order valence-corrected chi connectivity index (χ3v) is 19.7. The van der Waals surface area contributed by atoms with Gasteiger partial charge in [-0.1, -0.05) is 65.1 Å². The van der Waals surface area contributed by atoms with E-state index in [1.807, 2.05) is 37.8 Å². The van der Waals surface area contributed by atoms with Gasteiger partial charge in [-0.15, -0.1) is 12.4 Å². The van der Waals surface area contributed by atoms with Crippen LogP contribution < -0.4 is 19.5 Å². The summed E-state index contributed by atoms with van der Waals surface area (Å²) in [6.07, 6.45) is 10.7. The summed E-state index contributed by atoms with van der Waals surface area (Å²) in [5.74, 6) is 4.17. The second kappa shape index (κ2) is 33.5. The molecule has 4 aromatic carbocycles. The number of nitrogens with zero attached hydrogens (tertiary/aromatic N) is 5. The molecule has 0 radical (unpaired) electrons.